The summed E-state index contributed by atoms with van der Waals surface area (Å²) in [6.07, 6.45) is 2.15. The van der Waals surface area contributed by atoms with E-state index >= 15 is 0 Å². The molecule has 0 spiro atoms. The Balaban J connectivity index is 3.74. The summed E-state index contributed by atoms with van der Waals surface area (Å²) in [7, 11) is 0. The molecule has 0 bridgehead atoms. The van der Waals surface area contributed by atoms with Crippen LogP contribution in [0.3, 0.4) is 0 Å². The van der Waals surface area contributed by atoms with E-state index in [1.54, 1.807) is 0 Å². The van der Waals surface area contributed by atoms with Gasteiger partial charge in [-0.15, -0.1) is 0 Å². The average Bonchev–Trinajstić information content (AvgIpc) is 2.14. The number of aliphatic hydroxyl groups excluding tert-OH is 1. The lowest BCUT2D eigenvalue weighted by atomic mass is 10.0. The van der Waals surface area contributed by atoms with Crippen LogP contribution in [0.1, 0.15) is 40.5 Å². The molecular formula is C11H25NOS. The molecule has 0 aliphatic carbocycles. The van der Waals surface area contributed by atoms with E-state index in [1.807, 2.05) is 11.8 Å². The quantitative estimate of drug-likeness (QED) is 0.657. The Morgan fingerprint density at radius 1 is 1.43 bits per heavy atom. The Morgan fingerprint density at radius 2 is 2.07 bits per heavy atom. The minimum atomic E-state index is -0.0854. The van der Waals surface area contributed by atoms with Gasteiger partial charge in [-0.25, -0.2) is 0 Å². The predicted molar refractivity (Wildman–Crippen MR) is 66.0 cm³/mol. The maximum atomic E-state index is 9.31. The van der Waals surface area contributed by atoms with Gasteiger partial charge in [0.1, 0.15) is 0 Å². The molecule has 1 atom stereocenters. The molecule has 0 aromatic heterocycles. The molecule has 3 heteroatoms. The zero-order valence-corrected chi connectivity index (χ0v) is 10.8. The van der Waals surface area contributed by atoms with E-state index in [9.17, 15) is 5.11 Å². The van der Waals surface area contributed by atoms with Crippen LogP contribution in [0.25, 0.3) is 0 Å². The molecule has 14 heavy (non-hydrogen) atoms. The summed E-state index contributed by atoms with van der Waals surface area (Å²) in [6, 6.07) is 0. The first-order valence-electron chi connectivity index (χ1n) is 5.51. The molecule has 0 rings (SSSR count). The van der Waals surface area contributed by atoms with Gasteiger partial charge in [-0.1, -0.05) is 20.8 Å². The van der Waals surface area contributed by atoms with Crippen molar-refractivity contribution in [3.05, 3.63) is 0 Å². The maximum Gasteiger partial charge on any atom is 0.0610 e. The topological polar surface area (TPSA) is 32.3 Å². The van der Waals surface area contributed by atoms with Gasteiger partial charge >= 0.3 is 0 Å². The van der Waals surface area contributed by atoms with Crippen molar-refractivity contribution in [1.82, 2.24) is 5.32 Å². The number of hydrogen-bond donors (Lipinski definition) is 2. The standard InChI is InChI=1S/C11H25NOS/c1-5-7-12-11(4,9-13)6-8-14-10(2)3/h10,12-13H,5-9H2,1-4H3. The Morgan fingerprint density at radius 3 is 2.50 bits per heavy atom. The van der Waals surface area contributed by atoms with Crippen LogP contribution >= 0.6 is 11.8 Å². The van der Waals surface area contributed by atoms with E-state index in [2.05, 4.69) is 33.0 Å². The first-order valence-corrected chi connectivity index (χ1v) is 6.56. The first-order chi connectivity index (χ1) is 6.54. The van der Waals surface area contributed by atoms with Gasteiger partial charge in [0, 0.05) is 5.54 Å². The molecule has 0 heterocycles. The molecule has 0 aromatic rings. The number of nitrogens with one attached hydrogen (secondary N) is 1. The Hall–Kier alpha value is 0.270. The van der Waals surface area contributed by atoms with Gasteiger partial charge in [0.2, 0.25) is 0 Å². The van der Waals surface area contributed by atoms with Crippen molar-refractivity contribution in [2.24, 2.45) is 0 Å². The van der Waals surface area contributed by atoms with Crippen molar-refractivity contribution < 1.29 is 5.11 Å². The summed E-state index contributed by atoms with van der Waals surface area (Å²) in [6.45, 7) is 9.88. The third kappa shape index (κ3) is 6.68. The molecular weight excluding hydrogens is 194 g/mol. The average molecular weight is 219 g/mol. The Bertz CT molecular complexity index is 141. The molecule has 0 aliphatic rings. The summed E-state index contributed by atoms with van der Waals surface area (Å²) in [5.74, 6) is 1.12. The zero-order chi connectivity index (χ0) is 11.0. The lowest BCUT2D eigenvalue weighted by Crippen LogP contribution is -2.46. The highest BCUT2D eigenvalue weighted by Crippen LogP contribution is 2.17. The fourth-order valence-corrected chi connectivity index (χ4v) is 2.21. The van der Waals surface area contributed by atoms with Crippen LogP contribution in [-0.2, 0) is 0 Å². The van der Waals surface area contributed by atoms with E-state index in [0.29, 0.717) is 5.25 Å². The van der Waals surface area contributed by atoms with Gasteiger partial charge in [-0.3, -0.25) is 0 Å². The molecule has 0 fully saturated rings. The van der Waals surface area contributed by atoms with Gasteiger partial charge in [-0.05, 0) is 37.3 Å². The Labute approximate surface area is 92.9 Å². The van der Waals surface area contributed by atoms with Gasteiger partial charge in [0.05, 0.1) is 6.61 Å². The lowest BCUT2D eigenvalue weighted by molar-refractivity contribution is 0.171. The van der Waals surface area contributed by atoms with Crippen molar-refractivity contribution in [1.29, 1.82) is 0 Å². The van der Waals surface area contributed by atoms with Crippen LogP contribution in [0.2, 0.25) is 0 Å². The summed E-state index contributed by atoms with van der Waals surface area (Å²) in [5.41, 5.74) is -0.0854. The van der Waals surface area contributed by atoms with E-state index in [-0.39, 0.29) is 12.1 Å². The SMILES string of the molecule is CCCNC(C)(CO)CCSC(C)C. The smallest absolute Gasteiger partial charge is 0.0610 e. The number of rotatable bonds is 8. The van der Waals surface area contributed by atoms with E-state index in [1.165, 1.54) is 0 Å². The van der Waals surface area contributed by atoms with Crippen LogP contribution in [0.5, 0.6) is 0 Å². The van der Waals surface area contributed by atoms with Gasteiger partial charge in [0.25, 0.3) is 0 Å². The number of thioether (sulfide) groups is 1. The van der Waals surface area contributed by atoms with E-state index in [0.717, 1.165) is 25.1 Å². The molecule has 0 amide bonds. The van der Waals surface area contributed by atoms with Crippen LogP contribution in [0.15, 0.2) is 0 Å². The van der Waals surface area contributed by atoms with Crippen molar-refractivity contribution in [2.75, 3.05) is 18.9 Å². The molecule has 1 unspecified atom stereocenters. The third-order valence-corrected chi connectivity index (χ3v) is 3.36. The molecule has 0 saturated carbocycles. The second-order valence-electron chi connectivity index (χ2n) is 4.32. The van der Waals surface area contributed by atoms with E-state index < -0.39 is 0 Å². The summed E-state index contributed by atoms with van der Waals surface area (Å²) >= 11 is 1.96. The predicted octanol–water partition coefficient (Wildman–Crippen LogP) is 2.27. The fraction of sp³-hybridized carbons (Fsp3) is 1.00. The fourth-order valence-electron chi connectivity index (χ4n) is 1.17. The molecule has 86 valence electrons. The van der Waals surface area contributed by atoms with Crippen molar-refractivity contribution in [3.8, 4) is 0 Å². The van der Waals surface area contributed by atoms with E-state index in [4.69, 9.17) is 0 Å². The minimum absolute atomic E-state index is 0.0854. The van der Waals surface area contributed by atoms with Crippen molar-refractivity contribution in [3.63, 3.8) is 0 Å². The normalized spacial score (nSPS) is 15.9. The molecule has 0 saturated heterocycles. The van der Waals surface area contributed by atoms with Crippen molar-refractivity contribution in [2.45, 2.75) is 51.3 Å². The third-order valence-electron chi connectivity index (χ3n) is 2.26. The summed E-state index contributed by atoms with van der Waals surface area (Å²) in [4.78, 5) is 0. The number of hydrogen-bond acceptors (Lipinski definition) is 3. The van der Waals surface area contributed by atoms with Crippen molar-refractivity contribution >= 4 is 11.8 Å². The van der Waals surface area contributed by atoms with Crippen LogP contribution in [-0.4, -0.2) is 34.8 Å². The molecule has 2 N–H and O–H groups in total. The summed E-state index contributed by atoms with van der Waals surface area (Å²) < 4.78 is 0. The highest BCUT2D eigenvalue weighted by Gasteiger charge is 2.21. The molecule has 0 aromatic carbocycles. The maximum absolute atomic E-state index is 9.31. The highest BCUT2D eigenvalue weighted by atomic mass is 32.2. The largest absolute Gasteiger partial charge is 0.394 e. The first kappa shape index (κ1) is 14.3. The second kappa shape index (κ2) is 7.55. The minimum Gasteiger partial charge on any atom is -0.394 e. The molecule has 0 aliphatic heterocycles. The monoisotopic (exact) mass is 219 g/mol. The van der Waals surface area contributed by atoms with Crippen LogP contribution in [0, 0.1) is 0 Å². The second-order valence-corrected chi connectivity index (χ2v) is 6.00. The molecule has 2 nitrogen and oxygen atoms in total. The van der Waals surface area contributed by atoms with Gasteiger partial charge in [0.15, 0.2) is 0 Å². The summed E-state index contributed by atoms with van der Waals surface area (Å²) in [5, 5.41) is 13.4. The lowest BCUT2D eigenvalue weighted by Gasteiger charge is -2.29. The highest BCUT2D eigenvalue weighted by molar-refractivity contribution is 7.99. The molecule has 0 radical (unpaired) electrons. The van der Waals surface area contributed by atoms with Crippen LogP contribution in [0.4, 0.5) is 0 Å². The van der Waals surface area contributed by atoms with Gasteiger partial charge in [-0.2, -0.15) is 11.8 Å². The van der Waals surface area contributed by atoms with Crippen LogP contribution < -0.4 is 5.32 Å². The van der Waals surface area contributed by atoms with Gasteiger partial charge < -0.3 is 10.4 Å². The zero-order valence-electron chi connectivity index (χ0n) is 9.97. The Kier molecular flexibility index (Phi) is 7.69. The number of aliphatic hydroxyl groups is 1.